The van der Waals surface area contributed by atoms with E-state index < -0.39 is 12.0 Å². The summed E-state index contributed by atoms with van der Waals surface area (Å²) in [5, 5.41) is 6.75. The number of benzene rings is 1. The molecule has 1 aliphatic rings. The lowest BCUT2D eigenvalue weighted by atomic mass is 9.80. The van der Waals surface area contributed by atoms with Crippen molar-refractivity contribution in [3.05, 3.63) is 59.2 Å². The Morgan fingerprint density at radius 2 is 1.97 bits per heavy atom. The number of hydrogen-bond donors (Lipinski definition) is 2. The number of ether oxygens (including phenoxy) is 1. The van der Waals surface area contributed by atoms with E-state index in [-0.39, 0.29) is 29.5 Å². The van der Waals surface area contributed by atoms with Crippen molar-refractivity contribution in [3.8, 4) is 0 Å². The highest BCUT2D eigenvalue weighted by Crippen LogP contribution is 2.34. The van der Waals surface area contributed by atoms with E-state index in [0.717, 1.165) is 29.5 Å². The number of methoxy groups -OCH3 is 1. The van der Waals surface area contributed by atoms with Crippen LogP contribution in [0.15, 0.2) is 58.4 Å². The number of carbonyl (C=O) groups excluding carboxylic acids is 2. The van der Waals surface area contributed by atoms with Gasteiger partial charge in [0.2, 0.25) is 5.91 Å². The van der Waals surface area contributed by atoms with Crippen LogP contribution in [-0.2, 0) is 14.3 Å². The molecule has 1 amide bonds. The summed E-state index contributed by atoms with van der Waals surface area (Å²) in [4.78, 5) is 27.3. The molecular weight excluding hydrogens is 430 g/mol. The Bertz CT molecular complexity index is 967. The van der Waals surface area contributed by atoms with Gasteiger partial charge in [-0.1, -0.05) is 81.8 Å². The standard InChI is InChI=1S/C26H37N5O3/c1-6-7-12-23(32)31(24(17(2)3)26(33)34-5)16-19-13-14-20(18(4)15-19)21-10-8-9-11-22(21)25(27)29-30-28/h8-11,13-15,17-18,20,24H,6-7,12,16H2,1-5H3,(H3,27,28,29)/t18?,20?,24-/m0/s1. The molecule has 0 aliphatic heterocycles. The number of rotatable bonds is 11. The van der Waals surface area contributed by atoms with Crippen LogP contribution >= 0.6 is 0 Å². The molecular formula is C26H37N5O3. The van der Waals surface area contributed by atoms with Gasteiger partial charge in [-0.2, -0.15) is 5.53 Å². The van der Waals surface area contributed by atoms with E-state index in [1.54, 1.807) is 4.90 Å². The lowest BCUT2D eigenvalue weighted by molar-refractivity contribution is -0.154. The molecule has 3 atom stereocenters. The number of hydrogen-bond acceptors (Lipinski definition) is 5. The second-order valence-electron chi connectivity index (χ2n) is 9.00. The summed E-state index contributed by atoms with van der Waals surface area (Å²) in [5.74, 6) is -0.145. The number of amidine groups is 1. The first-order chi connectivity index (χ1) is 16.2. The number of nitrogens with two attached hydrogens (primary N) is 1. The summed E-state index contributed by atoms with van der Waals surface area (Å²) in [6, 6.07) is 7.06. The van der Waals surface area contributed by atoms with E-state index in [1.165, 1.54) is 7.11 Å². The molecule has 184 valence electrons. The van der Waals surface area contributed by atoms with Crippen LogP contribution in [0.3, 0.4) is 0 Å². The third-order valence-corrected chi connectivity index (χ3v) is 6.14. The van der Waals surface area contributed by atoms with E-state index in [2.05, 4.69) is 29.4 Å². The molecule has 1 aromatic carbocycles. The fourth-order valence-electron chi connectivity index (χ4n) is 4.41. The summed E-state index contributed by atoms with van der Waals surface area (Å²) in [5.41, 5.74) is 15.7. The average molecular weight is 468 g/mol. The van der Waals surface area contributed by atoms with Crippen molar-refractivity contribution >= 4 is 17.7 Å². The first-order valence-corrected chi connectivity index (χ1v) is 11.8. The molecule has 8 nitrogen and oxygen atoms in total. The van der Waals surface area contributed by atoms with Crippen molar-refractivity contribution in [2.24, 2.45) is 27.9 Å². The number of allylic oxidation sites excluding steroid dienone is 2. The summed E-state index contributed by atoms with van der Waals surface area (Å²) in [6.45, 7) is 8.35. The summed E-state index contributed by atoms with van der Waals surface area (Å²) < 4.78 is 5.04. The number of amides is 1. The zero-order valence-corrected chi connectivity index (χ0v) is 20.8. The van der Waals surface area contributed by atoms with Gasteiger partial charge in [-0.15, -0.1) is 5.10 Å². The van der Waals surface area contributed by atoms with Crippen LogP contribution in [0.2, 0.25) is 0 Å². The molecule has 3 N–H and O–H groups in total. The van der Waals surface area contributed by atoms with Crippen molar-refractivity contribution in [1.82, 2.24) is 4.90 Å². The Hall–Kier alpha value is -3.29. The second-order valence-corrected chi connectivity index (χ2v) is 9.00. The molecule has 0 radical (unpaired) electrons. The van der Waals surface area contributed by atoms with Crippen LogP contribution in [-0.4, -0.2) is 42.3 Å². The first kappa shape index (κ1) is 27.0. The van der Waals surface area contributed by atoms with Gasteiger partial charge in [0, 0.05) is 24.4 Å². The van der Waals surface area contributed by atoms with Crippen molar-refractivity contribution < 1.29 is 14.3 Å². The fraction of sp³-hybridized carbons (Fsp3) is 0.500. The largest absolute Gasteiger partial charge is 0.467 e. The molecule has 2 rings (SSSR count). The molecule has 8 heteroatoms. The number of esters is 1. The van der Waals surface area contributed by atoms with Gasteiger partial charge >= 0.3 is 5.97 Å². The second kappa shape index (κ2) is 12.8. The van der Waals surface area contributed by atoms with Crippen LogP contribution in [0.5, 0.6) is 0 Å². The normalized spacial score (nSPS) is 18.9. The third-order valence-electron chi connectivity index (χ3n) is 6.14. The molecule has 0 aromatic heterocycles. The number of carbonyl (C=O) groups is 2. The van der Waals surface area contributed by atoms with Crippen molar-refractivity contribution in [2.75, 3.05) is 13.7 Å². The van der Waals surface area contributed by atoms with E-state index in [0.29, 0.717) is 13.0 Å². The highest BCUT2D eigenvalue weighted by Gasteiger charge is 2.34. The van der Waals surface area contributed by atoms with E-state index in [9.17, 15) is 9.59 Å². The van der Waals surface area contributed by atoms with Crippen LogP contribution in [0.25, 0.3) is 0 Å². The van der Waals surface area contributed by atoms with Gasteiger partial charge in [-0.05, 0) is 29.4 Å². The molecule has 2 unspecified atom stereocenters. The van der Waals surface area contributed by atoms with E-state index in [4.69, 9.17) is 16.0 Å². The predicted octanol–water partition coefficient (Wildman–Crippen LogP) is 4.77. The van der Waals surface area contributed by atoms with Gasteiger partial charge in [-0.25, -0.2) is 4.79 Å². The zero-order valence-electron chi connectivity index (χ0n) is 20.8. The number of nitrogens with one attached hydrogen (secondary N) is 1. The van der Waals surface area contributed by atoms with Crippen molar-refractivity contribution in [2.45, 2.75) is 58.9 Å². The minimum absolute atomic E-state index is 0.0384. The first-order valence-electron chi connectivity index (χ1n) is 11.8. The van der Waals surface area contributed by atoms with Gasteiger partial charge in [0.1, 0.15) is 6.04 Å². The monoisotopic (exact) mass is 467 g/mol. The van der Waals surface area contributed by atoms with E-state index in [1.807, 2.05) is 51.1 Å². The van der Waals surface area contributed by atoms with Crippen molar-refractivity contribution in [3.63, 3.8) is 0 Å². The van der Waals surface area contributed by atoms with Crippen LogP contribution in [0.1, 0.15) is 64.0 Å². The van der Waals surface area contributed by atoms with Crippen LogP contribution < -0.4 is 5.73 Å². The number of unbranched alkanes of at least 4 members (excludes halogenated alkanes) is 1. The molecule has 1 aromatic rings. The highest BCUT2D eigenvalue weighted by atomic mass is 16.5. The molecule has 0 heterocycles. The molecule has 34 heavy (non-hydrogen) atoms. The lowest BCUT2D eigenvalue weighted by Gasteiger charge is -2.34. The van der Waals surface area contributed by atoms with Crippen LogP contribution in [0, 0.1) is 17.4 Å². The quantitative estimate of drug-likeness (QED) is 0.160. The Balaban J connectivity index is 2.33. The Morgan fingerprint density at radius 1 is 1.26 bits per heavy atom. The smallest absolute Gasteiger partial charge is 0.328 e. The predicted molar refractivity (Wildman–Crippen MR) is 133 cm³/mol. The Morgan fingerprint density at radius 3 is 2.56 bits per heavy atom. The van der Waals surface area contributed by atoms with Crippen LogP contribution in [0.4, 0.5) is 0 Å². The molecule has 0 fully saturated rings. The third kappa shape index (κ3) is 6.62. The molecule has 0 saturated carbocycles. The molecule has 0 spiro atoms. The molecule has 1 aliphatic carbocycles. The van der Waals surface area contributed by atoms with Gasteiger partial charge in [0.15, 0.2) is 5.84 Å². The van der Waals surface area contributed by atoms with Gasteiger partial charge in [0.25, 0.3) is 0 Å². The molecule has 0 saturated heterocycles. The maximum absolute atomic E-state index is 13.1. The fourth-order valence-corrected chi connectivity index (χ4v) is 4.41. The maximum atomic E-state index is 13.1. The maximum Gasteiger partial charge on any atom is 0.328 e. The Labute approximate surface area is 202 Å². The SMILES string of the molecule is CCCCC(=O)N(CC1=CC(C)C(c2ccccc2/C(N)=N/N=N)C=C1)[C@H](C(=O)OC)C(C)C. The highest BCUT2D eigenvalue weighted by molar-refractivity contribution is 5.99. The van der Waals surface area contributed by atoms with Gasteiger partial charge < -0.3 is 15.4 Å². The minimum Gasteiger partial charge on any atom is -0.467 e. The lowest BCUT2D eigenvalue weighted by Crippen LogP contribution is -2.49. The summed E-state index contributed by atoms with van der Waals surface area (Å²) in [7, 11) is 1.36. The van der Waals surface area contributed by atoms with E-state index >= 15 is 0 Å². The topological polar surface area (TPSA) is 121 Å². The Kier molecular flexibility index (Phi) is 10.2. The summed E-state index contributed by atoms with van der Waals surface area (Å²) in [6.07, 6.45) is 8.33. The average Bonchev–Trinajstić information content (AvgIpc) is 2.82. The minimum atomic E-state index is -0.637. The van der Waals surface area contributed by atoms with Gasteiger partial charge in [0.05, 0.1) is 7.11 Å². The summed E-state index contributed by atoms with van der Waals surface area (Å²) >= 11 is 0. The zero-order chi connectivity index (χ0) is 25.3. The molecule has 0 bridgehead atoms. The van der Waals surface area contributed by atoms with Gasteiger partial charge in [-0.3, -0.25) is 4.79 Å². The number of nitrogens with zero attached hydrogens (tertiary/aromatic N) is 3. The van der Waals surface area contributed by atoms with Crippen molar-refractivity contribution in [1.29, 1.82) is 5.53 Å².